The highest BCUT2D eigenvalue weighted by atomic mass is 35.5. The quantitative estimate of drug-likeness (QED) is 0.852. The Morgan fingerprint density at radius 3 is 2.53 bits per heavy atom. The van der Waals surface area contributed by atoms with E-state index in [1.807, 2.05) is 19.1 Å². The fourth-order valence-corrected chi connectivity index (χ4v) is 4.19. The van der Waals surface area contributed by atoms with Gasteiger partial charge in [0.2, 0.25) is 0 Å². The fraction of sp³-hybridized carbons (Fsp3) is 0.500. The second kappa shape index (κ2) is 4.96. The van der Waals surface area contributed by atoms with Crippen LogP contribution in [0.15, 0.2) is 24.3 Å². The predicted molar refractivity (Wildman–Crippen MR) is 70.0 cm³/mol. The number of nitrogens with one attached hydrogen (secondary N) is 1. The Bertz CT molecular complexity index is 484. The molecule has 17 heavy (non-hydrogen) atoms. The van der Waals surface area contributed by atoms with Gasteiger partial charge < -0.3 is 5.32 Å². The van der Waals surface area contributed by atoms with Crippen molar-refractivity contribution >= 4 is 21.4 Å². The summed E-state index contributed by atoms with van der Waals surface area (Å²) in [7, 11) is -2.97. The molecule has 0 bridgehead atoms. The molecule has 0 saturated carbocycles. The lowest BCUT2D eigenvalue weighted by atomic mass is 10.1. The summed E-state index contributed by atoms with van der Waals surface area (Å²) >= 11 is 5.82. The van der Waals surface area contributed by atoms with Gasteiger partial charge >= 0.3 is 0 Å². The van der Waals surface area contributed by atoms with Crippen LogP contribution in [0.1, 0.15) is 18.5 Å². The third-order valence-corrected chi connectivity index (χ3v) is 5.11. The molecule has 2 rings (SSSR count). The highest BCUT2D eigenvalue weighted by Crippen LogP contribution is 2.21. The molecule has 1 saturated heterocycles. The van der Waals surface area contributed by atoms with Crippen LogP contribution in [0.4, 0.5) is 0 Å². The van der Waals surface area contributed by atoms with Gasteiger partial charge in [-0.05, 0) is 30.2 Å². The predicted octanol–water partition coefficient (Wildman–Crippen LogP) is 2.04. The molecule has 1 aromatic rings. The average molecular weight is 274 g/mol. The smallest absolute Gasteiger partial charge is 0.152 e. The van der Waals surface area contributed by atoms with Crippen molar-refractivity contribution in [2.75, 3.05) is 18.1 Å². The third kappa shape index (κ3) is 3.44. The normalized spacial score (nSPS) is 28.6. The molecule has 94 valence electrons. The van der Waals surface area contributed by atoms with E-state index in [0.717, 1.165) is 12.1 Å². The van der Waals surface area contributed by atoms with Gasteiger partial charge in [-0.25, -0.2) is 8.42 Å². The number of halogens is 1. The Balaban J connectivity index is 2.24. The molecule has 0 aliphatic carbocycles. The zero-order valence-corrected chi connectivity index (χ0v) is 11.3. The van der Waals surface area contributed by atoms with Gasteiger partial charge in [0.25, 0.3) is 0 Å². The molecule has 1 aromatic carbocycles. The molecular weight excluding hydrogens is 258 g/mol. The first-order valence-corrected chi connectivity index (χ1v) is 7.85. The van der Waals surface area contributed by atoms with E-state index in [2.05, 4.69) is 5.32 Å². The topological polar surface area (TPSA) is 46.2 Å². The second-order valence-electron chi connectivity index (χ2n) is 4.69. The summed E-state index contributed by atoms with van der Waals surface area (Å²) in [5, 5.41) is 3.97. The summed E-state index contributed by atoms with van der Waals surface area (Å²) in [5.74, 6) is 0.598. The van der Waals surface area contributed by atoms with E-state index < -0.39 is 9.84 Å². The molecule has 0 spiro atoms. The van der Waals surface area contributed by atoms with Crippen molar-refractivity contribution in [3.05, 3.63) is 34.9 Å². The van der Waals surface area contributed by atoms with Crippen molar-refractivity contribution in [3.8, 4) is 0 Å². The fourth-order valence-electron chi connectivity index (χ4n) is 2.13. The molecule has 0 aromatic heterocycles. The molecule has 3 nitrogen and oxygen atoms in total. The largest absolute Gasteiger partial charge is 0.309 e. The van der Waals surface area contributed by atoms with Gasteiger partial charge in [-0.2, -0.15) is 0 Å². The highest BCUT2D eigenvalue weighted by molar-refractivity contribution is 7.91. The molecule has 1 fully saturated rings. The summed E-state index contributed by atoms with van der Waals surface area (Å²) in [5.41, 5.74) is 0.979. The lowest BCUT2D eigenvalue weighted by molar-refractivity contribution is 0.517. The summed E-state index contributed by atoms with van der Waals surface area (Å²) in [4.78, 5) is 0. The Morgan fingerprint density at radius 1 is 1.24 bits per heavy atom. The first kappa shape index (κ1) is 12.9. The van der Waals surface area contributed by atoms with Crippen molar-refractivity contribution in [2.24, 2.45) is 5.92 Å². The third-order valence-electron chi connectivity index (χ3n) is 2.94. The summed E-state index contributed by atoms with van der Waals surface area (Å²) in [6.07, 6.45) is 0. The van der Waals surface area contributed by atoms with Crippen LogP contribution in [0.5, 0.6) is 0 Å². The molecule has 1 aliphatic heterocycles. The van der Waals surface area contributed by atoms with Crippen LogP contribution in [0, 0.1) is 5.92 Å². The first-order chi connectivity index (χ1) is 7.96. The first-order valence-electron chi connectivity index (χ1n) is 5.65. The van der Waals surface area contributed by atoms with Crippen molar-refractivity contribution in [2.45, 2.75) is 13.0 Å². The molecule has 5 heteroatoms. The maximum absolute atomic E-state index is 11.9. The average Bonchev–Trinajstić information content (AvgIpc) is 2.37. The zero-order chi connectivity index (χ0) is 12.5. The number of hydrogen-bond donors (Lipinski definition) is 1. The molecule has 2 atom stereocenters. The highest BCUT2D eigenvalue weighted by Gasteiger charge is 2.26. The van der Waals surface area contributed by atoms with Gasteiger partial charge in [0.1, 0.15) is 0 Å². The van der Waals surface area contributed by atoms with Crippen molar-refractivity contribution in [3.63, 3.8) is 0 Å². The van der Waals surface area contributed by atoms with Gasteiger partial charge in [-0.15, -0.1) is 0 Å². The maximum atomic E-state index is 11.9. The van der Waals surface area contributed by atoms with Crippen LogP contribution in [0.3, 0.4) is 0 Å². The minimum Gasteiger partial charge on any atom is -0.309 e. The van der Waals surface area contributed by atoms with Gasteiger partial charge in [-0.3, -0.25) is 0 Å². The van der Waals surface area contributed by atoms with Crippen molar-refractivity contribution in [1.82, 2.24) is 5.32 Å². The molecule has 1 aliphatic rings. The zero-order valence-electron chi connectivity index (χ0n) is 9.69. The lowest BCUT2D eigenvalue weighted by Crippen LogP contribution is -2.26. The van der Waals surface area contributed by atoms with Gasteiger partial charge in [0.15, 0.2) is 9.84 Å². The van der Waals surface area contributed by atoms with Gasteiger partial charge in [0.05, 0.1) is 11.5 Å². The summed E-state index contributed by atoms with van der Waals surface area (Å²) in [6.45, 7) is 2.68. The van der Waals surface area contributed by atoms with E-state index in [1.54, 1.807) is 12.1 Å². The number of hydrogen-bond acceptors (Lipinski definition) is 3. The number of rotatable bonds is 1. The van der Waals surface area contributed by atoms with Crippen LogP contribution in [0.2, 0.25) is 5.02 Å². The van der Waals surface area contributed by atoms with E-state index in [9.17, 15) is 8.42 Å². The maximum Gasteiger partial charge on any atom is 0.152 e. The minimum atomic E-state index is -2.97. The monoisotopic (exact) mass is 273 g/mol. The Morgan fingerprint density at radius 2 is 1.88 bits per heavy atom. The van der Waals surface area contributed by atoms with E-state index in [-0.39, 0.29) is 23.5 Å². The Hall–Kier alpha value is -0.580. The Kier molecular flexibility index (Phi) is 3.76. The molecule has 0 radical (unpaired) electrons. The van der Waals surface area contributed by atoms with Crippen LogP contribution in [-0.2, 0) is 9.84 Å². The van der Waals surface area contributed by atoms with Crippen LogP contribution >= 0.6 is 11.6 Å². The van der Waals surface area contributed by atoms with Crippen molar-refractivity contribution < 1.29 is 8.42 Å². The van der Waals surface area contributed by atoms with Crippen LogP contribution in [-0.4, -0.2) is 26.5 Å². The SMILES string of the molecule is CC1CNC(c2ccc(Cl)cc2)CS(=O)(=O)C1. The molecular formula is C12H16ClNO2S. The molecule has 1 N–H and O–H groups in total. The van der Waals surface area contributed by atoms with Gasteiger partial charge in [0, 0.05) is 11.1 Å². The van der Waals surface area contributed by atoms with E-state index >= 15 is 0 Å². The second-order valence-corrected chi connectivity index (χ2v) is 7.28. The van der Waals surface area contributed by atoms with Crippen LogP contribution < -0.4 is 5.32 Å². The van der Waals surface area contributed by atoms with E-state index in [0.29, 0.717) is 5.02 Å². The lowest BCUT2D eigenvalue weighted by Gasteiger charge is -2.16. The number of sulfone groups is 1. The Labute approximate surface area is 107 Å². The molecule has 1 heterocycles. The standard InChI is InChI=1S/C12H16ClNO2S/c1-9-6-14-12(8-17(15,16)7-9)10-2-4-11(13)5-3-10/h2-5,9,12,14H,6-8H2,1H3. The minimum absolute atomic E-state index is 0.123. The van der Waals surface area contributed by atoms with E-state index in [1.165, 1.54) is 0 Å². The summed E-state index contributed by atoms with van der Waals surface area (Å²) < 4.78 is 23.7. The molecule has 0 amide bonds. The number of benzene rings is 1. The van der Waals surface area contributed by atoms with Crippen molar-refractivity contribution in [1.29, 1.82) is 0 Å². The molecule has 2 unspecified atom stereocenters. The van der Waals surface area contributed by atoms with Gasteiger partial charge in [-0.1, -0.05) is 30.7 Å². The van der Waals surface area contributed by atoms with Crippen LogP contribution in [0.25, 0.3) is 0 Å². The van der Waals surface area contributed by atoms with E-state index in [4.69, 9.17) is 11.6 Å². The summed E-state index contributed by atoms with van der Waals surface area (Å²) in [6, 6.07) is 7.22.